The lowest BCUT2D eigenvalue weighted by Gasteiger charge is -2.13. The van der Waals surface area contributed by atoms with Crippen molar-refractivity contribution in [3.05, 3.63) is 64.9 Å². The summed E-state index contributed by atoms with van der Waals surface area (Å²) in [6.45, 7) is 0.140. The van der Waals surface area contributed by atoms with Gasteiger partial charge in [-0.2, -0.15) is 5.10 Å². The largest absolute Gasteiger partial charge is 0.261 e. The molecule has 0 radical (unpaired) electrons. The first-order chi connectivity index (χ1) is 13.5. The SMILES string of the molecule is O=S(=O)(Cc1ccc(F)cc1)NCc1cc(-c2cccs2)n(C2CCCC2)n1. The fourth-order valence-corrected chi connectivity index (χ4v) is 5.44. The highest BCUT2D eigenvalue weighted by molar-refractivity contribution is 7.88. The van der Waals surface area contributed by atoms with Crippen molar-refractivity contribution in [2.45, 2.75) is 44.0 Å². The van der Waals surface area contributed by atoms with Crippen LogP contribution in [0, 0.1) is 5.82 Å². The number of rotatable bonds is 7. The van der Waals surface area contributed by atoms with Crippen molar-refractivity contribution in [1.29, 1.82) is 0 Å². The standard InChI is InChI=1S/C20H22FN3O2S2/c21-16-9-7-15(8-10-16)14-28(25,26)22-13-17-12-19(20-6-3-11-27-20)24(23-17)18-4-1-2-5-18/h3,6-12,18,22H,1-2,4-5,13-14H2. The van der Waals surface area contributed by atoms with Gasteiger partial charge in [0.2, 0.25) is 10.0 Å². The van der Waals surface area contributed by atoms with Crippen molar-refractivity contribution < 1.29 is 12.8 Å². The highest BCUT2D eigenvalue weighted by Gasteiger charge is 2.23. The van der Waals surface area contributed by atoms with Crippen LogP contribution in [-0.2, 0) is 22.3 Å². The third kappa shape index (κ3) is 4.51. The molecular weight excluding hydrogens is 397 g/mol. The summed E-state index contributed by atoms with van der Waals surface area (Å²) in [7, 11) is -3.54. The second-order valence-corrected chi connectivity index (χ2v) is 9.84. The molecule has 28 heavy (non-hydrogen) atoms. The van der Waals surface area contributed by atoms with E-state index in [0.717, 1.165) is 23.4 Å². The number of benzene rings is 1. The van der Waals surface area contributed by atoms with Gasteiger partial charge in [-0.3, -0.25) is 4.68 Å². The molecule has 0 amide bonds. The molecule has 0 aliphatic heterocycles. The van der Waals surface area contributed by atoms with Gasteiger partial charge in [-0.1, -0.05) is 31.0 Å². The molecule has 1 saturated carbocycles. The molecule has 1 aliphatic rings. The van der Waals surface area contributed by atoms with Crippen molar-refractivity contribution in [2.24, 2.45) is 0 Å². The summed E-state index contributed by atoms with van der Waals surface area (Å²) in [5.74, 6) is -0.568. The lowest BCUT2D eigenvalue weighted by molar-refractivity contribution is 0.467. The van der Waals surface area contributed by atoms with E-state index in [1.165, 1.54) is 37.1 Å². The molecule has 5 nitrogen and oxygen atoms in total. The smallest absolute Gasteiger partial charge is 0.216 e. The maximum Gasteiger partial charge on any atom is 0.216 e. The molecule has 0 bridgehead atoms. The van der Waals surface area contributed by atoms with Crippen LogP contribution in [-0.4, -0.2) is 18.2 Å². The van der Waals surface area contributed by atoms with Gasteiger partial charge in [0.15, 0.2) is 0 Å². The van der Waals surface area contributed by atoms with E-state index in [1.54, 1.807) is 11.3 Å². The summed E-state index contributed by atoms with van der Waals surface area (Å²) in [4.78, 5) is 1.14. The second kappa shape index (κ2) is 8.14. The Hall–Kier alpha value is -2.03. The van der Waals surface area contributed by atoms with E-state index in [-0.39, 0.29) is 18.1 Å². The number of hydrogen-bond donors (Lipinski definition) is 1. The van der Waals surface area contributed by atoms with Crippen LogP contribution in [0.1, 0.15) is 43.0 Å². The maximum absolute atomic E-state index is 13.0. The Morgan fingerprint density at radius 3 is 2.61 bits per heavy atom. The van der Waals surface area contributed by atoms with E-state index in [0.29, 0.717) is 17.3 Å². The minimum atomic E-state index is -3.54. The Morgan fingerprint density at radius 2 is 1.93 bits per heavy atom. The Labute approximate surface area is 168 Å². The summed E-state index contributed by atoms with van der Waals surface area (Å²) in [6, 6.07) is 11.9. The van der Waals surface area contributed by atoms with E-state index >= 15 is 0 Å². The van der Waals surface area contributed by atoms with Crippen molar-refractivity contribution in [3.8, 4) is 10.6 Å². The molecule has 1 aliphatic carbocycles. The quantitative estimate of drug-likeness (QED) is 0.614. The third-order valence-electron chi connectivity index (χ3n) is 4.97. The van der Waals surface area contributed by atoms with Gasteiger partial charge < -0.3 is 0 Å². The number of aromatic nitrogens is 2. The Morgan fingerprint density at radius 1 is 1.18 bits per heavy atom. The highest BCUT2D eigenvalue weighted by atomic mass is 32.2. The molecule has 148 valence electrons. The normalized spacial score (nSPS) is 15.3. The van der Waals surface area contributed by atoms with Gasteiger partial charge in [-0.05, 0) is 48.1 Å². The van der Waals surface area contributed by atoms with Gasteiger partial charge in [0.05, 0.1) is 34.6 Å². The molecule has 1 aromatic carbocycles. The minimum Gasteiger partial charge on any atom is -0.261 e. The Bertz CT molecular complexity index is 1020. The first-order valence-corrected chi connectivity index (χ1v) is 11.9. The Kier molecular flexibility index (Phi) is 5.61. The van der Waals surface area contributed by atoms with Gasteiger partial charge >= 0.3 is 0 Å². The van der Waals surface area contributed by atoms with Crippen molar-refractivity contribution in [3.63, 3.8) is 0 Å². The van der Waals surface area contributed by atoms with E-state index in [4.69, 9.17) is 5.10 Å². The average molecular weight is 420 g/mol. The maximum atomic E-state index is 13.0. The van der Waals surface area contributed by atoms with Gasteiger partial charge in [0, 0.05) is 0 Å². The molecule has 8 heteroatoms. The molecule has 2 aromatic heterocycles. The minimum absolute atomic E-state index is 0.140. The summed E-state index contributed by atoms with van der Waals surface area (Å²) in [5.41, 5.74) is 2.30. The van der Waals surface area contributed by atoms with Gasteiger partial charge in [-0.15, -0.1) is 11.3 Å². The molecule has 1 fully saturated rings. The number of thiophene rings is 1. The van der Waals surface area contributed by atoms with Gasteiger partial charge in [0.1, 0.15) is 5.82 Å². The lowest BCUT2D eigenvalue weighted by atomic mass is 10.2. The van der Waals surface area contributed by atoms with E-state index in [9.17, 15) is 12.8 Å². The van der Waals surface area contributed by atoms with Crippen molar-refractivity contribution >= 4 is 21.4 Å². The van der Waals surface area contributed by atoms with Gasteiger partial charge in [-0.25, -0.2) is 17.5 Å². The van der Waals surface area contributed by atoms with Crippen LogP contribution in [0.4, 0.5) is 4.39 Å². The summed E-state index contributed by atoms with van der Waals surface area (Å²) in [6.07, 6.45) is 4.62. The van der Waals surface area contributed by atoms with Crippen LogP contribution in [0.25, 0.3) is 10.6 Å². The summed E-state index contributed by atoms with van der Waals surface area (Å²) < 4.78 is 42.5. The molecule has 0 saturated heterocycles. The topological polar surface area (TPSA) is 64.0 Å². The average Bonchev–Trinajstić information content (AvgIpc) is 3.42. The van der Waals surface area contributed by atoms with Crippen molar-refractivity contribution in [1.82, 2.24) is 14.5 Å². The highest BCUT2D eigenvalue weighted by Crippen LogP contribution is 2.35. The Balaban J connectivity index is 1.50. The molecule has 0 atom stereocenters. The van der Waals surface area contributed by atoms with E-state index < -0.39 is 10.0 Å². The zero-order valence-corrected chi connectivity index (χ0v) is 17.0. The molecule has 1 N–H and O–H groups in total. The zero-order valence-electron chi connectivity index (χ0n) is 15.3. The molecule has 0 unspecified atom stereocenters. The second-order valence-electron chi connectivity index (χ2n) is 7.09. The molecule has 2 heterocycles. The van der Waals surface area contributed by atoms with Crippen LogP contribution in [0.2, 0.25) is 0 Å². The fourth-order valence-electron chi connectivity index (χ4n) is 3.60. The monoisotopic (exact) mass is 419 g/mol. The predicted octanol–water partition coefficient (Wildman–Crippen LogP) is 4.49. The first kappa shape index (κ1) is 19.3. The fraction of sp³-hybridized carbons (Fsp3) is 0.350. The number of sulfonamides is 1. The van der Waals surface area contributed by atoms with E-state index in [2.05, 4.69) is 15.5 Å². The predicted molar refractivity (Wildman–Crippen MR) is 109 cm³/mol. The van der Waals surface area contributed by atoms with Crippen LogP contribution >= 0.6 is 11.3 Å². The van der Waals surface area contributed by atoms with Crippen LogP contribution in [0.15, 0.2) is 47.8 Å². The zero-order chi connectivity index (χ0) is 19.6. The van der Waals surface area contributed by atoms with Gasteiger partial charge in [0.25, 0.3) is 0 Å². The summed E-state index contributed by atoms with van der Waals surface area (Å²) >= 11 is 1.66. The molecule has 3 aromatic rings. The number of nitrogens with zero attached hydrogens (tertiary/aromatic N) is 2. The van der Waals surface area contributed by atoms with Crippen LogP contribution in [0.3, 0.4) is 0 Å². The van der Waals surface area contributed by atoms with E-state index in [1.807, 2.05) is 17.5 Å². The van der Waals surface area contributed by atoms with Crippen molar-refractivity contribution in [2.75, 3.05) is 0 Å². The number of hydrogen-bond acceptors (Lipinski definition) is 4. The van der Waals surface area contributed by atoms with Crippen LogP contribution < -0.4 is 4.72 Å². The number of halogens is 1. The molecular formula is C20H22FN3O2S2. The lowest BCUT2D eigenvalue weighted by Crippen LogP contribution is -2.25. The third-order valence-corrected chi connectivity index (χ3v) is 7.16. The molecule has 0 spiro atoms. The summed E-state index contributed by atoms with van der Waals surface area (Å²) in [5, 5.41) is 6.75. The number of nitrogens with one attached hydrogen (secondary N) is 1. The molecule has 4 rings (SSSR count). The first-order valence-electron chi connectivity index (χ1n) is 9.34. The van der Waals surface area contributed by atoms with Crippen LogP contribution in [0.5, 0.6) is 0 Å².